The van der Waals surface area contributed by atoms with Crippen LogP contribution in [0.25, 0.3) is 0 Å². The molecule has 144 valence electrons. The van der Waals surface area contributed by atoms with Crippen molar-refractivity contribution in [1.29, 1.82) is 0 Å². The minimum atomic E-state index is -3.52. The van der Waals surface area contributed by atoms with E-state index in [1.807, 2.05) is 0 Å². The molecule has 0 bridgehead atoms. The summed E-state index contributed by atoms with van der Waals surface area (Å²) in [5.74, 6) is -0.986. The van der Waals surface area contributed by atoms with Gasteiger partial charge in [0.15, 0.2) is 0 Å². The number of nitrogens with zero attached hydrogens (tertiary/aromatic N) is 2. The Kier molecular flexibility index (Phi) is 7.03. The molecular formula is C18H21N3O5S. The summed E-state index contributed by atoms with van der Waals surface area (Å²) in [6, 6.07) is 11.6. The maximum absolute atomic E-state index is 12.3. The Bertz CT molecular complexity index is 900. The number of esters is 1. The third kappa shape index (κ3) is 6.15. The van der Waals surface area contributed by atoms with Crippen LogP contribution in [0.15, 0.2) is 48.7 Å². The number of sulfonamides is 1. The lowest BCUT2D eigenvalue weighted by Crippen LogP contribution is -2.33. The van der Waals surface area contributed by atoms with Crippen molar-refractivity contribution in [3.8, 4) is 0 Å². The van der Waals surface area contributed by atoms with Crippen molar-refractivity contribution < 1.29 is 22.7 Å². The predicted octanol–water partition coefficient (Wildman–Crippen LogP) is 1.66. The molecule has 0 saturated carbocycles. The fraction of sp³-hybridized carbons (Fsp3) is 0.278. The number of pyridine rings is 1. The summed E-state index contributed by atoms with van der Waals surface area (Å²) in [6.45, 7) is 0.0628. The molecule has 0 fully saturated rings. The summed E-state index contributed by atoms with van der Waals surface area (Å²) in [7, 11) is -2.27. The quantitative estimate of drug-likeness (QED) is 0.686. The Morgan fingerprint density at radius 2 is 1.85 bits per heavy atom. The van der Waals surface area contributed by atoms with Crippen molar-refractivity contribution in [2.45, 2.75) is 13.0 Å². The number of rotatable bonds is 8. The average molecular weight is 391 g/mol. The summed E-state index contributed by atoms with van der Waals surface area (Å²) < 4.78 is 29.9. The summed E-state index contributed by atoms with van der Waals surface area (Å²) >= 11 is 0. The number of hydrogen-bond acceptors (Lipinski definition) is 6. The highest BCUT2D eigenvalue weighted by atomic mass is 32.2. The second kappa shape index (κ2) is 9.24. The molecule has 9 heteroatoms. The van der Waals surface area contributed by atoms with Gasteiger partial charge in [-0.15, -0.1) is 0 Å². The zero-order valence-corrected chi connectivity index (χ0v) is 15.9. The Balaban J connectivity index is 2.03. The zero-order chi connectivity index (χ0) is 19.9. The molecule has 0 radical (unpaired) electrons. The number of methoxy groups -OCH3 is 1. The number of aromatic nitrogens is 1. The van der Waals surface area contributed by atoms with Crippen LogP contribution < -0.4 is 5.32 Å². The van der Waals surface area contributed by atoms with E-state index < -0.39 is 21.9 Å². The number of anilines is 1. The van der Waals surface area contributed by atoms with Crippen LogP contribution in [0.4, 0.5) is 5.69 Å². The number of amides is 1. The number of carbonyl (C=O) groups excluding carboxylic acids is 2. The monoisotopic (exact) mass is 391 g/mol. The lowest BCUT2D eigenvalue weighted by Gasteiger charge is -2.19. The summed E-state index contributed by atoms with van der Waals surface area (Å²) in [5, 5.41) is 2.62. The molecule has 8 nitrogen and oxygen atoms in total. The van der Waals surface area contributed by atoms with Crippen molar-refractivity contribution in [2.75, 3.05) is 25.2 Å². The van der Waals surface area contributed by atoms with E-state index in [0.717, 1.165) is 6.26 Å². The Labute approximate surface area is 158 Å². The van der Waals surface area contributed by atoms with E-state index in [4.69, 9.17) is 0 Å². The van der Waals surface area contributed by atoms with Gasteiger partial charge in [-0.05, 0) is 24.3 Å². The molecule has 27 heavy (non-hydrogen) atoms. The first-order valence-electron chi connectivity index (χ1n) is 8.13. The molecule has 1 heterocycles. The van der Waals surface area contributed by atoms with Crippen molar-refractivity contribution in [3.05, 3.63) is 59.9 Å². The molecule has 1 aromatic carbocycles. The number of hydrogen-bond donors (Lipinski definition) is 1. The van der Waals surface area contributed by atoms with E-state index in [0.29, 0.717) is 11.4 Å². The van der Waals surface area contributed by atoms with Gasteiger partial charge in [0.1, 0.15) is 0 Å². The van der Waals surface area contributed by atoms with E-state index in [1.165, 1.54) is 17.5 Å². The second-order valence-corrected chi connectivity index (χ2v) is 7.74. The van der Waals surface area contributed by atoms with Gasteiger partial charge in [-0.3, -0.25) is 9.78 Å². The van der Waals surface area contributed by atoms with Crippen molar-refractivity contribution in [1.82, 2.24) is 9.29 Å². The second-order valence-electron chi connectivity index (χ2n) is 5.75. The van der Waals surface area contributed by atoms with Gasteiger partial charge >= 0.3 is 5.97 Å². The van der Waals surface area contributed by atoms with Crippen LogP contribution in [0.2, 0.25) is 0 Å². The summed E-state index contributed by atoms with van der Waals surface area (Å²) in [4.78, 5) is 28.1. The highest BCUT2D eigenvalue weighted by Gasteiger charge is 2.20. The van der Waals surface area contributed by atoms with Crippen LogP contribution in [-0.4, -0.2) is 49.5 Å². The number of nitrogens with one attached hydrogen (secondary N) is 1. The smallest absolute Gasteiger partial charge is 0.339 e. The Morgan fingerprint density at radius 3 is 2.48 bits per heavy atom. The molecule has 0 spiro atoms. The minimum Gasteiger partial charge on any atom is -0.465 e. The van der Waals surface area contributed by atoms with Gasteiger partial charge in [0.05, 0.1) is 36.9 Å². The first-order valence-corrected chi connectivity index (χ1v) is 9.98. The molecule has 0 atom stereocenters. The predicted molar refractivity (Wildman–Crippen MR) is 101 cm³/mol. The van der Waals surface area contributed by atoms with E-state index in [9.17, 15) is 18.0 Å². The SMILES string of the molecule is COC(=O)c1ccccc1NC(=O)CCN(Cc1ccccn1)S(C)(=O)=O. The number of carbonyl (C=O) groups is 2. The number of ether oxygens (including phenoxy) is 1. The van der Waals surface area contributed by atoms with Crippen LogP contribution in [0, 0.1) is 0 Å². The first kappa shape index (κ1) is 20.5. The van der Waals surface area contributed by atoms with Gasteiger partial charge < -0.3 is 10.1 Å². The highest BCUT2D eigenvalue weighted by Crippen LogP contribution is 2.16. The zero-order valence-electron chi connectivity index (χ0n) is 15.1. The normalized spacial score (nSPS) is 11.2. The van der Waals surface area contributed by atoms with Crippen molar-refractivity contribution in [2.24, 2.45) is 0 Å². The van der Waals surface area contributed by atoms with Crippen LogP contribution in [0.5, 0.6) is 0 Å². The lowest BCUT2D eigenvalue weighted by molar-refractivity contribution is -0.116. The van der Waals surface area contributed by atoms with Crippen molar-refractivity contribution >= 4 is 27.6 Å². The van der Waals surface area contributed by atoms with Crippen molar-refractivity contribution in [3.63, 3.8) is 0 Å². The van der Waals surface area contributed by atoms with Crippen LogP contribution in [0.3, 0.4) is 0 Å². The van der Waals surface area contributed by atoms with E-state index >= 15 is 0 Å². The molecule has 0 aliphatic rings. The maximum Gasteiger partial charge on any atom is 0.339 e. The van der Waals surface area contributed by atoms with Crippen LogP contribution in [-0.2, 0) is 26.1 Å². The maximum atomic E-state index is 12.3. The Morgan fingerprint density at radius 1 is 1.15 bits per heavy atom. The number of benzene rings is 1. The highest BCUT2D eigenvalue weighted by molar-refractivity contribution is 7.88. The summed E-state index contributed by atoms with van der Waals surface area (Å²) in [6.07, 6.45) is 2.59. The fourth-order valence-electron chi connectivity index (χ4n) is 2.35. The fourth-order valence-corrected chi connectivity index (χ4v) is 3.14. The number of para-hydroxylation sites is 1. The van der Waals surface area contributed by atoms with Gasteiger partial charge in [-0.25, -0.2) is 13.2 Å². The minimum absolute atomic E-state index is 0.0123. The molecule has 1 amide bonds. The van der Waals surface area contributed by atoms with E-state index in [1.54, 1.807) is 42.6 Å². The standard InChI is InChI=1S/C18H21N3O5S/c1-26-18(23)15-8-3-4-9-16(15)20-17(22)10-12-21(27(2,24)25)13-14-7-5-6-11-19-14/h3-9,11H,10,12-13H2,1-2H3,(H,20,22). The van der Waals surface area contributed by atoms with Gasteiger partial charge in [0, 0.05) is 19.2 Å². The van der Waals surface area contributed by atoms with E-state index in [-0.39, 0.29) is 25.1 Å². The van der Waals surface area contributed by atoms with Gasteiger partial charge in [-0.1, -0.05) is 18.2 Å². The molecular weight excluding hydrogens is 370 g/mol. The van der Waals surface area contributed by atoms with Crippen LogP contribution >= 0.6 is 0 Å². The molecule has 0 saturated heterocycles. The lowest BCUT2D eigenvalue weighted by atomic mass is 10.1. The third-order valence-electron chi connectivity index (χ3n) is 3.73. The molecule has 1 aromatic heterocycles. The largest absolute Gasteiger partial charge is 0.465 e. The summed E-state index contributed by atoms with van der Waals surface area (Å²) in [5.41, 5.74) is 1.12. The van der Waals surface area contributed by atoms with Gasteiger partial charge in [0.2, 0.25) is 15.9 Å². The van der Waals surface area contributed by atoms with Crippen LogP contribution in [0.1, 0.15) is 22.5 Å². The molecule has 0 aliphatic heterocycles. The topological polar surface area (TPSA) is 106 Å². The Hall–Kier alpha value is -2.78. The van der Waals surface area contributed by atoms with E-state index in [2.05, 4.69) is 15.0 Å². The molecule has 0 unspecified atom stereocenters. The molecule has 2 aromatic rings. The average Bonchev–Trinajstić information content (AvgIpc) is 2.65. The third-order valence-corrected chi connectivity index (χ3v) is 4.98. The molecule has 1 N–H and O–H groups in total. The molecule has 2 rings (SSSR count). The first-order chi connectivity index (χ1) is 12.8. The molecule has 0 aliphatic carbocycles. The van der Waals surface area contributed by atoms with Gasteiger partial charge in [-0.2, -0.15) is 4.31 Å². The van der Waals surface area contributed by atoms with Gasteiger partial charge in [0.25, 0.3) is 0 Å².